The second-order valence-electron chi connectivity index (χ2n) is 6.41. The Morgan fingerprint density at radius 2 is 1.86 bits per heavy atom. The van der Waals surface area contributed by atoms with Crippen molar-refractivity contribution in [1.29, 1.82) is 0 Å². The van der Waals surface area contributed by atoms with E-state index in [-0.39, 0.29) is 10.8 Å². The monoisotopic (exact) mass is 431 g/mol. The third-order valence-corrected chi connectivity index (χ3v) is 6.49. The number of nitrogens with zero attached hydrogens (tertiary/aromatic N) is 1. The minimum Gasteiger partial charge on any atom is -0.481 e. The molecule has 3 aromatic rings. The van der Waals surface area contributed by atoms with Gasteiger partial charge in [-0.3, -0.25) is 9.52 Å². The summed E-state index contributed by atoms with van der Waals surface area (Å²) in [5.74, 6) is 0.324. The van der Waals surface area contributed by atoms with Gasteiger partial charge in [-0.25, -0.2) is 13.4 Å². The number of amides is 1. The van der Waals surface area contributed by atoms with Crippen LogP contribution < -0.4 is 14.8 Å². The Bertz CT molecular complexity index is 1100. The van der Waals surface area contributed by atoms with E-state index in [2.05, 4.69) is 15.0 Å². The molecule has 1 amide bonds. The number of aryl methyl sites for hydroxylation is 1. The van der Waals surface area contributed by atoms with Crippen molar-refractivity contribution >= 4 is 38.1 Å². The smallest absolute Gasteiger partial charge is 0.265 e. The molecule has 0 aliphatic rings. The van der Waals surface area contributed by atoms with Crippen LogP contribution in [0.15, 0.2) is 58.9 Å². The number of carbonyl (C=O) groups excluding carboxylic acids is 1. The third kappa shape index (κ3) is 5.12. The fourth-order valence-corrected chi connectivity index (χ4v) is 4.29. The highest BCUT2D eigenvalue weighted by Crippen LogP contribution is 2.23. The van der Waals surface area contributed by atoms with Gasteiger partial charge in [0.1, 0.15) is 5.75 Å². The lowest BCUT2D eigenvalue weighted by Gasteiger charge is -2.17. The summed E-state index contributed by atoms with van der Waals surface area (Å²) in [5.41, 5.74) is 2.53. The molecule has 29 heavy (non-hydrogen) atoms. The number of anilines is 2. The Balaban J connectivity index is 1.64. The van der Waals surface area contributed by atoms with Crippen molar-refractivity contribution in [2.45, 2.75) is 31.8 Å². The highest BCUT2D eigenvalue weighted by Gasteiger charge is 2.18. The molecule has 0 aliphatic heterocycles. The van der Waals surface area contributed by atoms with Crippen LogP contribution in [0.3, 0.4) is 0 Å². The van der Waals surface area contributed by atoms with Crippen LogP contribution in [0.1, 0.15) is 18.1 Å². The maximum atomic E-state index is 12.4. The maximum Gasteiger partial charge on any atom is 0.265 e. The predicted octanol–water partition coefficient (Wildman–Crippen LogP) is 3.97. The number of hydrogen-bond donors (Lipinski definition) is 2. The molecular formula is C20H21N3O4S2. The first-order valence-electron chi connectivity index (χ1n) is 8.82. The highest BCUT2D eigenvalue weighted by atomic mass is 32.2. The Labute approximate surface area is 173 Å². The zero-order valence-electron chi connectivity index (χ0n) is 16.2. The van der Waals surface area contributed by atoms with Crippen molar-refractivity contribution < 1.29 is 17.9 Å². The van der Waals surface area contributed by atoms with Crippen molar-refractivity contribution in [3.63, 3.8) is 0 Å². The van der Waals surface area contributed by atoms with Crippen LogP contribution in [0.2, 0.25) is 0 Å². The van der Waals surface area contributed by atoms with Crippen LogP contribution in [0, 0.1) is 13.8 Å². The number of nitrogens with one attached hydrogen (secondary N) is 2. The fraction of sp³-hybridized carbons (Fsp3) is 0.200. The molecule has 0 saturated carbocycles. The van der Waals surface area contributed by atoms with E-state index in [1.807, 2.05) is 32.0 Å². The van der Waals surface area contributed by atoms with Crippen molar-refractivity contribution in [3.05, 3.63) is 65.2 Å². The second kappa shape index (κ2) is 8.62. The zero-order valence-corrected chi connectivity index (χ0v) is 17.8. The number of thiazole rings is 1. The number of aromatic nitrogens is 1. The van der Waals surface area contributed by atoms with Crippen LogP contribution >= 0.6 is 11.3 Å². The average molecular weight is 432 g/mol. The number of rotatable bonds is 7. The summed E-state index contributed by atoms with van der Waals surface area (Å²) >= 11 is 1.19. The molecule has 0 bridgehead atoms. The molecular weight excluding hydrogens is 410 g/mol. The van der Waals surface area contributed by atoms with Gasteiger partial charge in [-0.1, -0.05) is 12.1 Å². The highest BCUT2D eigenvalue weighted by molar-refractivity contribution is 7.93. The molecule has 1 atom stereocenters. The summed E-state index contributed by atoms with van der Waals surface area (Å²) in [5, 5.41) is 4.70. The minimum absolute atomic E-state index is 0.0744. The van der Waals surface area contributed by atoms with Gasteiger partial charge >= 0.3 is 0 Å². The number of benzene rings is 2. The third-order valence-electron chi connectivity index (χ3n) is 4.31. The van der Waals surface area contributed by atoms with E-state index >= 15 is 0 Å². The normalized spacial score (nSPS) is 12.2. The lowest BCUT2D eigenvalue weighted by atomic mass is 10.1. The van der Waals surface area contributed by atoms with Crippen LogP contribution in [-0.2, 0) is 14.8 Å². The topological polar surface area (TPSA) is 97.4 Å². The summed E-state index contributed by atoms with van der Waals surface area (Å²) in [6, 6.07) is 11.6. The molecule has 3 rings (SSSR count). The zero-order chi connectivity index (χ0) is 21.0. The molecule has 7 nitrogen and oxygen atoms in total. The Morgan fingerprint density at radius 3 is 2.52 bits per heavy atom. The first-order chi connectivity index (χ1) is 13.8. The van der Waals surface area contributed by atoms with E-state index in [1.54, 1.807) is 12.3 Å². The van der Waals surface area contributed by atoms with Crippen LogP contribution in [-0.4, -0.2) is 25.4 Å². The number of ether oxygens (including phenoxy) is 1. The SMILES string of the molecule is Cc1cccc(OC(C)C(=O)Nc2ccc(S(=O)(=O)Nc3nccs3)cc2)c1C. The molecule has 0 spiro atoms. The van der Waals surface area contributed by atoms with Crippen molar-refractivity contribution in [1.82, 2.24) is 4.98 Å². The molecule has 0 aliphatic carbocycles. The quantitative estimate of drug-likeness (QED) is 0.590. The number of carbonyl (C=O) groups is 1. The van der Waals surface area contributed by atoms with Gasteiger partial charge < -0.3 is 10.1 Å². The lowest BCUT2D eigenvalue weighted by molar-refractivity contribution is -0.122. The fourth-order valence-electron chi connectivity index (χ4n) is 2.50. The van der Waals surface area contributed by atoms with Crippen LogP contribution in [0.4, 0.5) is 10.8 Å². The number of hydrogen-bond acceptors (Lipinski definition) is 6. The summed E-state index contributed by atoms with van der Waals surface area (Å²) in [6.45, 7) is 5.58. The molecule has 2 N–H and O–H groups in total. The Hall–Kier alpha value is -2.91. The van der Waals surface area contributed by atoms with Crippen LogP contribution in [0.5, 0.6) is 5.75 Å². The van der Waals surface area contributed by atoms with Gasteiger partial charge in [0.25, 0.3) is 15.9 Å². The van der Waals surface area contributed by atoms with E-state index in [4.69, 9.17) is 4.74 Å². The molecule has 1 unspecified atom stereocenters. The molecule has 0 saturated heterocycles. The summed E-state index contributed by atoms with van der Waals surface area (Å²) < 4.78 is 32.9. The Morgan fingerprint density at radius 1 is 1.14 bits per heavy atom. The second-order valence-corrected chi connectivity index (χ2v) is 8.99. The van der Waals surface area contributed by atoms with Crippen molar-refractivity contribution in [2.75, 3.05) is 10.0 Å². The molecule has 152 valence electrons. The van der Waals surface area contributed by atoms with Gasteiger partial charge in [0.2, 0.25) is 0 Å². The van der Waals surface area contributed by atoms with E-state index in [1.165, 1.54) is 41.8 Å². The number of sulfonamides is 1. The standard InChI is InChI=1S/C20H21N3O4S2/c1-13-5-4-6-18(14(13)2)27-15(3)19(24)22-16-7-9-17(10-8-16)29(25,26)23-20-21-11-12-28-20/h4-12,15H,1-3H3,(H,21,23)(H,22,24). The van der Waals surface area contributed by atoms with Gasteiger partial charge in [0.15, 0.2) is 11.2 Å². The average Bonchev–Trinajstić information content (AvgIpc) is 3.18. The van der Waals surface area contributed by atoms with Crippen molar-refractivity contribution in [3.8, 4) is 5.75 Å². The lowest BCUT2D eigenvalue weighted by Crippen LogP contribution is -2.30. The van der Waals surface area contributed by atoms with E-state index in [0.29, 0.717) is 16.6 Å². The van der Waals surface area contributed by atoms with E-state index in [0.717, 1.165) is 11.1 Å². The van der Waals surface area contributed by atoms with Gasteiger partial charge in [-0.15, -0.1) is 11.3 Å². The largest absolute Gasteiger partial charge is 0.481 e. The summed E-state index contributed by atoms with van der Waals surface area (Å²) in [7, 11) is -3.73. The predicted molar refractivity (Wildman–Crippen MR) is 114 cm³/mol. The summed E-state index contributed by atoms with van der Waals surface area (Å²) in [6.07, 6.45) is 0.799. The van der Waals surface area contributed by atoms with Gasteiger partial charge in [-0.2, -0.15) is 0 Å². The minimum atomic E-state index is -3.73. The molecule has 1 heterocycles. The van der Waals surface area contributed by atoms with Crippen LogP contribution in [0.25, 0.3) is 0 Å². The Kier molecular flexibility index (Phi) is 6.19. The van der Waals surface area contributed by atoms with Gasteiger partial charge in [0.05, 0.1) is 4.90 Å². The van der Waals surface area contributed by atoms with E-state index < -0.39 is 16.1 Å². The molecule has 9 heteroatoms. The van der Waals surface area contributed by atoms with Gasteiger partial charge in [0, 0.05) is 17.3 Å². The van der Waals surface area contributed by atoms with Gasteiger partial charge in [-0.05, 0) is 62.2 Å². The molecule has 0 radical (unpaired) electrons. The van der Waals surface area contributed by atoms with E-state index in [9.17, 15) is 13.2 Å². The molecule has 0 fully saturated rings. The van der Waals surface area contributed by atoms with Crippen molar-refractivity contribution in [2.24, 2.45) is 0 Å². The first kappa shape index (κ1) is 20.8. The maximum absolute atomic E-state index is 12.4. The molecule has 1 aromatic heterocycles. The molecule has 2 aromatic carbocycles. The summed E-state index contributed by atoms with van der Waals surface area (Å²) in [4.78, 5) is 16.4. The first-order valence-corrected chi connectivity index (χ1v) is 11.2.